The van der Waals surface area contributed by atoms with Gasteiger partial charge in [-0.2, -0.15) is 8.78 Å². The van der Waals surface area contributed by atoms with E-state index in [1.165, 1.54) is 6.07 Å². The highest BCUT2D eigenvalue weighted by molar-refractivity contribution is 5.64. The van der Waals surface area contributed by atoms with Crippen LogP contribution in [0.4, 0.5) is 14.6 Å². The first-order valence-corrected chi connectivity index (χ1v) is 9.89. The molecule has 0 aromatic carbocycles. The lowest BCUT2D eigenvalue weighted by molar-refractivity contribution is -0.0494. The zero-order valence-electron chi connectivity index (χ0n) is 16.9. The minimum atomic E-state index is -2.95. The fourth-order valence-corrected chi connectivity index (χ4v) is 4.40. The predicted molar refractivity (Wildman–Crippen MR) is 105 cm³/mol. The zero-order valence-corrected chi connectivity index (χ0v) is 16.9. The van der Waals surface area contributed by atoms with Crippen LogP contribution in [0.3, 0.4) is 0 Å². The molecule has 0 unspecified atom stereocenters. The summed E-state index contributed by atoms with van der Waals surface area (Å²) in [7, 11) is 1.73. The van der Waals surface area contributed by atoms with Crippen LogP contribution in [0.25, 0.3) is 11.3 Å². The Hall–Kier alpha value is -2.26. The highest BCUT2D eigenvalue weighted by Crippen LogP contribution is 2.56. The first kappa shape index (κ1) is 20.0. The number of nitrogen functional groups attached to an aromatic ring is 1. The molecule has 1 saturated carbocycles. The molecule has 0 radical (unpaired) electrons. The fraction of sp³-hybridized carbons (Fsp3) is 0.600. The molecule has 29 heavy (non-hydrogen) atoms. The van der Waals surface area contributed by atoms with Gasteiger partial charge in [-0.15, -0.1) is 0 Å². The van der Waals surface area contributed by atoms with Crippen molar-refractivity contribution in [2.45, 2.75) is 32.4 Å². The van der Waals surface area contributed by atoms with Gasteiger partial charge in [0, 0.05) is 56.7 Å². The molecular weight excluding hydrogens is 380 g/mol. The number of halogens is 2. The molecular formula is C20H27F2N5O2. The fourth-order valence-electron chi connectivity index (χ4n) is 4.40. The lowest BCUT2D eigenvalue weighted by Gasteiger charge is -2.20. The van der Waals surface area contributed by atoms with Crippen molar-refractivity contribution in [2.75, 3.05) is 39.1 Å². The summed E-state index contributed by atoms with van der Waals surface area (Å²) in [6, 6.07) is 1.91. The molecule has 2 aromatic rings. The summed E-state index contributed by atoms with van der Waals surface area (Å²) in [5.74, 6) is 2.28. The molecule has 2 aromatic heterocycles. The average molecular weight is 407 g/mol. The number of ether oxygens (including phenoxy) is 2. The molecule has 158 valence electrons. The molecule has 4 rings (SSSR count). The third-order valence-corrected chi connectivity index (χ3v) is 5.83. The molecule has 2 fully saturated rings. The van der Waals surface area contributed by atoms with Gasteiger partial charge in [0.1, 0.15) is 5.82 Å². The van der Waals surface area contributed by atoms with Gasteiger partial charge in [-0.25, -0.2) is 9.97 Å². The quantitative estimate of drug-likeness (QED) is 0.725. The Kier molecular flexibility index (Phi) is 5.44. The number of alkyl halides is 2. The molecule has 1 aliphatic heterocycles. The van der Waals surface area contributed by atoms with Crippen LogP contribution in [0, 0.1) is 11.8 Å². The topological polar surface area (TPSA) is 78.4 Å². The van der Waals surface area contributed by atoms with Gasteiger partial charge in [0.2, 0.25) is 0 Å². The summed E-state index contributed by atoms with van der Waals surface area (Å²) >= 11 is 0. The van der Waals surface area contributed by atoms with Crippen molar-refractivity contribution in [1.29, 1.82) is 0 Å². The number of piperidine rings is 1. The second-order valence-corrected chi connectivity index (χ2v) is 8.10. The van der Waals surface area contributed by atoms with E-state index in [0.717, 1.165) is 32.1 Å². The van der Waals surface area contributed by atoms with Gasteiger partial charge in [0.25, 0.3) is 0 Å². The molecule has 7 nitrogen and oxygen atoms in total. The largest absolute Gasteiger partial charge is 0.431 e. The SMILES string of the molecule is COCCN1C[C@@H]2[C@H](C1)[C@H]2n1cc(-c2cnc(N)c(OC(F)F)c2)nc1C(C)C. The minimum Gasteiger partial charge on any atom is -0.431 e. The van der Waals surface area contributed by atoms with Gasteiger partial charge in [0.15, 0.2) is 11.6 Å². The first-order valence-electron chi connectivity index (χ1n) is 9.89. The summed E-state index contributed by atoms with van der Waals surface area (Å²) in [6.07, 6.45) is 3.56. The van der Waals surface area contributed by atoms with Crippen molar-refractivity contribution in [3.05, 3.63) is 24.3 Å². The molecule has 2 N–H and O–H groups in total. The number of imidazole rings is 1. The van der Waals surface area contributed by atoms with E-state index in [2.05, 4.69) is 33.0 Å². The zero-order chi connectivity index (χ0) is 20.7. The number of hydrogen-bond acceptors (Lipinski definition) is 6. The smallest absolute Gasteiger partial charge is 0.387 e. The Morgan fingerprint density at radius 2 is 2.00 bits per heavy atom. The Balaban J connectivity index is 1.56. The van der Waals surface area contributed by atoms with Crippen molar-refractivity contribution in [2.24, 2.45) is 11.8 Å². The van der Waals surface area contributed by atoms with E-state index < -0.39 is 6.61 Å². The molecule has 0 bridgehead atoms. The van der Waals surface area contributed by atoms with Crippen LogP contribution < -0.4 is 10.5 Å². The summed E-state index contributed by atoms with van der Waals surface area (Å²) < 4.78 is 37.2. The number of anilines is 1. The Labute approximate surface area is 168 Å². The van der Waals surface area contributed by atoms with Gasteiger partial charge < -0.3 is 24.7 Å². The number of methoxy groups -OCH3 is 1. The Morgan fingerprint density at radius 3 is 2.62 bits per heavy atom. The van der Waals surface area contributed by atoms with Crippen molar-refractivity contribution < 1.29 is 18.3 Å². The number of rotatable bonds is 8. The maximum atomic E-state index is 12.6. The van der Waals surface area contributed by atoms with E-state index in [1.807, 2.05) is 6.20 Å². The number of hydrogen-bond donors (Lipinski definition) is 1. The minimum absolute atomic E-state index is 0.0644. The van der Waals surface area contributed by atoms with Crippen molar-refractivity contribution in [3.63, 3.8) is 0 Å². The summed E-state index contributed by atoms with van der Waals surface area (Å²) in [5, 5.41) is 0. The molecule has 1 saturated heterocycles. The molecule has 1 aliphatic carbocycles. The monoisotopic (exact) mass is 407 g/mol. The van der Waals surface area contributed by atoms with Gasteiger partial charge in [0.05, 0.1) is 12.3 Å². The van der Waals surface area contributed by atoms with E-state index in [4.69, 9.17) is 15.5 Å². The third kappa shape index (κ3) is 3.93. The molecule has 9 heteroatoms. The summed E-state index contributed by atoms with van der Waals surface area (Å²) in [4.78, 5) is 11.2. The van der Waals surface area contributed by atoms with Crippen LogP contribution in [0.5, 0.6) is 5.75 Å². The maximum absolute atomic E-state index is 12.6. The average Bonchev–Trinajstić information content (AvgIpc) is 3.03. The van der Waals surface area contributed by atoms with Crippen molar-refractivity contribution in [1.82, 2.24) is 19.4 Å². The highest BCUT2D eigenvalue weighted by atomic mass is 19.3. The number of aromatic nitrogens is 3. The van der Waals surface area contributed by atoms with E-state index in [9.17, 15) is 8.78 Å². The number of pyridine rings is 1. The highest BCUT2D eigenvalue weighted by Gasteiger charge is 2.57. The number of fused-ring (bicyclic) bond motifs is 1. The molecule has 3 atom stereocenters. The Morgan fingerprint density at radius 1 is 1.28 bits per heavy atom. The normalized spacial score (nSPS) is 23.8. The van der Waals surface area contributed by atoms with Gasteiger partial charge in [-0.05, 0) is 17.9 Å². The van der Waals surface area contributed by atoms with Crippen LogP contribution in [0.15, 0.2) is 18.5 Å². The third-order valence-electron chi connectivity index (χ3n) is 5.83. The second kappa shape index (κ2) is 7.87. The predicted octanol–water partition coefficient (Wildman–Crippen LogP) is 3.00. The second-order valence-electron chi connectivity index (χ2n) is 8.10. The van der Waals surface area contributed by atoms with Crippen LogP contribution in [-0.2, 0) is 4.74 Å². The Bertz CT molecular complexity index is 861. The number of likely N-dealkylation sites (tertiary alicyclic amines) is 1. The van der Waals surface area contributed by atoms with Crippen LogP contribution in [-0.4, -0.2) is 59.4 Å². The van der Waals surface area contributed by atoms with E-state index in [1.54, 1.807) is 13.3 Å². The standard InChI is InChI=1S/C20H27F2N5O2/c1-11(2)19-25-15(12-6-16(29-20(21)22)18(23)24-7-12)10-27(19)17-13-8-26(4-5-28-3)9-14(13)17/h6-7,10-11,13-14,17,20H,4-5,8-9H2,1-3H3,(H2,23,24)/t13-,14+,17+. The molecule has 0 spiro atoms. The van der Waals surface area contributed by atoms with E-state index in [0.29, 0.717) is 29.1 Å². The van der Waals surface area contributed by atoms with Gasteiger partial charge in [-0.3, -0.25) is 0 Å². The van der Waals surface area contributed by atoms with Crippen molar-refractivity contribution in [3.8, 4) is 17.0 Å². The number of nitrogens with two attached hydrogens (primary N) is 1. The van der Waals surface area contributed by atoms with Crippen molar-refractivity contribution >= 4 is 5.82 Å². The molecule has 0 amide bonds. The molecule has 3 heterocycles. The maximum Gasteiger partial charge on any atom is 0.387 e. The van der Waals surface area contributed by atoms with Crippen LogP contribution >= 0.6 is 0 Å². The van der Waals surface area contributed by atoms with Gasteiger partial charge >= 0.3 is 6.61 Å². The summed E-state index contributed by atoms with van der Waals surface area (Å²) in [5.41, 5.74) is 6.97. The lowest BCUT2D eigenvalue weighted by Crippen LogP contribution is -2.28. The van der Waals surface area contributed by atoms with Crippen LogP contribution in [0.1, 0.15) is 31.6 Å². The van der Waals surface area contributed by atoms with Gasteiger partial charge in [-0.1, -0.05) is 13.8 Å². The van der Waals surface area contributed by atoms with E-state index >= 15 is 0 Å². The number of nitrogens with zero attached hydrogens (tertiary/aromatic N) is 4. The first-order chi connectivity index (χ1) is 13.9. The van der Waals surface area contributed by atoms with Crippen LogP contribution in [0.2, 0.25) is 0 Å². The van der Waals surface area contributed by atoms with E-state index in [-0.39, 0.29) is 17.5 Å². The molecule has 2 aliphatic rings. The lowest BCUT2D eigenvalue weighted by atomic mass is 10.2. The summed E-state index contributed by atoms with van der Waals surface area (Å²) in [6.45, 7) is 5.12.